The van der Waals surface area contributed by atoms with Crippen LogP contribution in [0.4, 0.5) is 0 Å². The van der Waals surface area contributed by atoms with Crippen molar-refractivity contribution in [2.75, 3.05) is 7.11 Å². The van der Waals surface area contributed by atoms with Gasteiger partial charge < -0.3 is 14.2 Å². The Hall–Kier alpha value is -1.17. The third kappa shape index (κ3) is 7.87. The van der Waals surface area contributed by atoms with Gasteiger partial charge in [-0.25, -0.2) is 0 Å². The molecule has 0 amide bonds. The fraction of sp³-hybridized carbons (Fsp3) is 0.409. The van der Waals surface area contributed by atoms with Gasteiger partial charge in [-0.3, -0.25) is 4.79 Å². The van der Waals surface area contributed by atoms with E-state index in [0.29, 0.717) is 27.8 Å². The molecule has 0 N–H and O–H groups in total. The van der Waals surface area contributed by atoms with E-state index >= 15 is 0 Å². The summed E-state index contributed by atoms with van der Waals surface area (Å²) in [6, 6.07) is 10.8. The van der Waals surface area contributed by atoms with Crippen LogP contribution >= 0.6 is 20.2 Å². The van der Waals surface area contributed by atoms with Crippen molar-refractivity contribution in [1.82, 2.24) is 0 Å². The number of carbonyl (C=O) groups is 1. The van der Waals surface area contributed by atoms with Crippen molar-refractivity contribution in [3.8, 4) is 17.2 Å². The Morgan fingerprint density at radius 1 is 0.931 bits per heavy atom. The van der Waals surface area contributed by atoms with Gasteiger partial charge >= 0.3 is 18.9 Å². The van der Waals surface area contributed by atoms with Gasteiger partial charge in [0.2, 0.25) is 0 Å². The van der Waals surface area contributed by atoms with E-state index < -0.39 is 5.60 Å². The van der Waals surface area contributed by atoms with E-state index in [4.69, 9.17) is 25.8 Å². The van der Waals surface area contributed by atoms with Gasteiger partial charge in [-0.15, -0.1) is 0 Å². The zero-order chi connectivity index (χ0) is 21.1. The van der Waals surface area contributed by atoms with Crippen molar-refractivity contribution in [2.45, 2.75) is 52.7 Å². The fourth-order valence-corrected chi connectivity index (χ4v) is 3.89. The molecule has 0 heterocycles. The molecule has 0 radical (unpaired) electrons. The van der Waals surface area contributed by atoms with Crippen LogP contribution in [0.25, 0.3) is 0 Å². The van der Waals surface area contributed by atoms with E-state index in [2.05, 4.69) is 0 Å². The Labute approximate surface area is 192 Å². The third-order valence-corrected chi connectivity index (χ3v) is 4.94. The van der Waals surface area contributed by atoms with Crippen LogP contribution in [0.1, 0.15) is 51.9 Å². The number of benzene rings is 2. The maximum atomic E-state index is 13.0. The normalized spacial score (nSPS) is 11.9. The van der Waals surface area contributed by atoms with Gasteiger partial charge in [-0.1, -0.05) is 17.7 Å². The van der Waals surface area contributed by atoms with Gasteiger partial charge in [-0.05, 0) is 74.4 Å². The maximum absolute atomic E-state index is 13.0. The average Bonchev–Trinajstić information content (AvgIpc) is 2.53. The summed E-state index contributed by atoms with van der Waals surface area (Å²) in [6.07, 6.45) is 0. The molecule has 0 fully saturated rings. The Kier molecular flexibility index (Phi) is 9.12. The number of carbonyl (C=O) groups excluding carboxylic acids is 1. The van der Waals surface area contributed by atoms with Gasteiger partial charge in [0.25, 0.3) is 0 Å². The molecule has 2 rings (SSSR count). The van der Waals surface area contributed by atoms with Crippen molar-refractivity contribution < 1.29 is 19.0 Å². The molecule has 0 spiro atoms. The van der Waals surface area contributed by atoms with E-state index in [1.807, 2.05) is 59.7 Å². The fourth-order valence-electron chi connectivity index (χ4n) is 2.52. The van der Waals surface area contributed by atoms with Crippen molar-refractivity contribution in [2.24, 2.45) is 0 Å². The number of halogens is 1. The first kappa shape index (κ1) is 25.9. The monoisotopic (exact) mass is 430 g/mol. The molecule has 29 heavy (non-hydrogen) atoms. The molecule has 0 bridgehead atoms. The standard InChI is InChI=1S/C22H28ClO4P.Li.H/c1-21(2,3)26-14-11-12-18(17(13-14)27-22(4,5)6)28-20(24)19-15(23)9-8-10-16(19)25-7;;/h8-13,28H,1-7H3;;. The van der Waals surface area contributed by atoms with Crippen LogP contribution in [0.5, 0.6) is 17.2 Å². The summed E-state index contributed by atoms with van der Waals surface area (Å²) in [6.45, 7) is 11.9. The zero-order valence-electron chi connectivity index (χ0n) is 17.5. The minimum atomic E-state index is -0.412. The van der Waals surface area contributed by atoms with Gasteiger partial charge in [0.1, 0.15) is 28.5 Å². The summed E-state index contributed by atoms with van der Waals surface area (Å²) in [5.74, 6) is 1.80. The Balaban J connectivity index is 0.00000420. The van der Waals surface area contributed by atoms with Gasteiger partial charge in [0, 0.05) is 11.4 Å². The molecule has 0 aromatic heterocycles. The van der Waals surface area contributed by atoms with Crippen LogP contribution in [0, 0.1) is 0 Å². The summed E-state index contributed by atoms with van der Waals surface area (Å²) in [4.78, 5) is 13.0. The van der Waals surface area contributed by atoms with Crippen LogP contribution in [0.15, 0.2) is 36.4 Å². The number of hydrogen-bond donors (Lipinski definition) is 0. The Morgan fingerprint density at radius 3 is 2.10 bits per heavy atom. The first-order valence-corrected chi connectivity index (χ1v) is 10.4. The van der Waals surface area contributed by atoms with Crippen molar-refractivity contribution in [3.63, 3.8) is 0 Å². The van der Waals surface area contributed by atoms with E-state index in [0.717, 1.165) is 5.30 Å². The molecular formula is C22H29ClLiO4P. The first-order valence-electron chi connectivity index (χ1n) is 9.05. The molecule has 2 aromatic rings. The predicted molar refractivity (Wildman–Crippen MR) is 125 cm³/mol. The first-order chi connectivity index (χ1) is 12.9. The number of hydrogen-bond acceptors (Lipinski definition) is 4. The minimum absolute atomic E-state index is 0. The molecule has 2 aromatic carbocycles. The summed E-state index contributed by atoms with van der Waals surface area (Å²) in [5, 5.41) is 1.17. The van der Waals surface area contributed by atoms with Crippen LogP contribution < -0.4 is 19.5 Å². The summed E-state index contributed by atoms with van der Waals surface area (Å²) in [5.41, 5.74) is -0.457. The van der Waals surface area contributed by atoms with E-state index in [1.54, 1.807) is 18.2 Å². The number of rotatable bonds is 6. The third-order valence-electron chi connectivity index (χ3n) is 3.46. The van der Waals surface area contributed by atoms with Gasteiger partial charge in [0.15, 0.2) is 5.52 Å². The van der Waals surface area contributed by atoms with Crippen LogP contribution in [-0.4, -0.2) is 42.7 Å². The second kappa shape index (κ2) is 10.2. The van der Waals surface area contributed by atoms with Crippen molar-refractivity contribution >= 4 is 49.9 Å². The molecule has 0 saturated heterocycles. The second-order valence-electron chi connectivity index (χ2n) is 8.36. The zero-order valence-corrected chi connectivity index (χ0v) is 19.2. The van der Waals surface area contributed by atoms with Crippen molar-refractivity contribution in [1.29, 1.82) is 0 Å². The molecule has 1 atom stereocenters. The molecule has 7 heteroatoms. The molecule has 0 aliphatic carbocycles. The number of methoxy groups -OCH3 is 1. The molecule has 154 valence electrons. The SMILES string of the molecule is COc1cccc(Cl)c1C(=O)Pc1ccc(OC(C)(C)C)cc1OC(C)(C)C.[LiH]. The molecule has 0 aliphatic rings. The van der Waals surface area contributed by atoms with E-state index in [-0.39, 0.29) is 38.6 Å². The van der Waals surface area contributed by atoms with Crippen LogP contribution in [-0.2, 0) is 0 Å². The second-order valence-corrected chi connectivity index (χ2v) is 10.0. The summed E-state index contributed by atoms with van der Waals surface area (Å²) < 4.78 is 17.4. The number of ether oxygens (including phenoxy) is 3. The molecule has 1 unspecified atom stereocenters. The van der Waals surface area contributed by atoms with Crippen LogP contribution in [0.3, 0.4) is 0 Å². The Bertz CT molecular complexity index is 857. The molecular weight excluding hydrogens is 402 g/mol. The summed E-state index contributed by atoms with van der Waals surface area (Å²) >= 11 is 6.27. The summed E-state index contributed by atoms with van der Waals surface area (Å²) in [7, 11) is 1.36. The Morgan fingerprint density at radius 2 is 1.55 bits per heavy atom. The van der Waals surface area contributed by atoms with Gasteiger partial charge in [-0.2, -0.15) is 0 Å². The molecule has 0 aliphatic heterocycles. The van der Waals surface area contributed by atoms with Gasteiger partial charge in [0.05, 0.1) is 17.7 Å². The average molecular weight is 431 g/mol. The topological polar surface area (TPSA) is 44.8 Å². The molecule has 4 nitrogen and oxygen atoms in total. The van der Waals surface area contributed by atoms with Crippen LogP contribution in [0.2, 0.25) is 5.02 Å². The molecule has 0 saturated carbocycles. The predicted octanol–water partition coefficient (Wildman–Crippen LogP) is 5.20. The van der Waals surface area contributed by atoms with E-state index in [1.165, 1.54) is 7.11 Å². The van der Waals surface area contributed by atoms with E-state index in [9.17, 15) is 4.79 Å². The van der Waals surface area contributed by atoms with Crippen molar-refractivity contribution in [3.05, 3.63) is 47.0 Å². The quantitative estimate of drug-likeness (QED) is 0.467.